The molecule has 0 bridgehead atoms. The number of hydrogen-bond acceptors (Lipinski definition) is 11. The second-order valence-corrected chi connectivity index (χ2v) is 16.1. The normalized spacial score (nSPS) is 21.3. The van der Waals surface area contributed by atoms with Gasteiger partial charge in [-0.05, 0) is 103 Å². The van der Waals surface area contributed by atoms with Crippen LogP contribution in [0.2, 0.25) is 5.02 Å². The van der Waals surface area contributed by atoms with Gasteiger partial charge in [-0.3, -0.25) is 0 Å². The van der Waals surface area contributed by atoms with Crippen LogP contribution in [0.4, 0.5) is 10.6 Å². The summed E-state index contributed by atoms with van der Waals surface area (Å²) in [5, 5.41) is 17.8. The number of ether oxygens (including phenoxy) is 3. The number of anilines is 1. The van der Waals surface area contributed by atoms with E-state index in [0.29, 0.717) is 54.8 Å². The fourth-order valence-corrected chi connectivity index (χ4v) is 8.41. The number of carbonyl (C=O) groups excluding carboxylic acids is 1. The highest BCUT2D eigenvalue weighted by Crippen LogP contribution is 2.45. The molecule has 3 atom stereocenters. The lowest BCUT2D eigenvalue weighted by atomic mass is 9.95. The molecule has 0 N–H and O–H groups in total. The number of likely N-dealkylation sites (tertiary alicyclic amines) is 1. The van der Waals surface area contributed by atoms with Crippen molar-refractivity contribution in [3.63, 3.8) is 0 Å². The van der Waals surface area contributed by atoms with Gasteiger partial charge in [-0.15, -0.1) is 0 Å². The van der Waals surface area contributed by atoms with Crippen molar-refractivity contribution < 1.29 is 23.4 Å². The monoisotopic (exact) mass is 754 g/mol. The summed E-state index contributed by atoms with van der Waals surface area (Å²) in [5.41, 5.74) is 4.16. The Morgan fingerprint density at radius 2 is 1.94 bits per heavy atom. The molecule has 3 saturated heterocycles. The fraction of sp³-hybridized carbons (Fsp3) is 0.525. The largest absolute Gasteiger partial charge is 0.463 e. The molecule has 6 heterocycles. The number of nitriles is 1. The molecule has 13 nitrogen and oxygen atoms in total. The summed E-state index contributed by atoms with van der Waals surface area (Å²) in [7, 11) is 2.11. The number of halogens is 1. The maximum atomic E-state index is 13.3. The van der Waals surface area contributed by atoms with Crippen molar-refractivity contribution in [2.45, 2.75) is 90.1 Å². The average molecular weight is 755 g/mol. The number of piperazine rings is 1. The summed E-state index contributed by atoms with van der Waals surface area (Å²) in [6.45, 7) is 10.9. The topological polar surface area (TPSA) is 135 Å². The molecule has 2 aromatic carbocycles. The number of benzene rings is 2. The van der Waals surface area contributed by atoms with E-state index in [9.17, 15) is 10.1 Å². The van der Waals surface area contributed by atoms with E-state index in [2.05, 4.69) is 29.0 Å². The van der Waals surface area contributed by atoms with Gasteiger partial charge in [-0.1, -0.05) is 11.6 Å². The predicted molar refractivity (Wildman–Crippen MR) is 207 cm³/mol. The van der Waals surface area contributed by atoms with Crippen molar-refractivity contribution in [2.24, 2.45) is 0 Å². The van der Waals surface area contributed by atoms with Crippen LogP contribution in [0.5, 0.6) is 6.01 Å². The van der Waals surface area contributed by atoms with Gasteiger partial charge in [0.25, 0.3) is 0 Å². The predicted octanol–water partition coefficient (Wildman–Crippen LogP) is 7.87. The average Bonchev–Trinajstić information content (AvgIpc) is 3.91. The zero-order valence-corrected chi connectivity index (χ0v) is 32.4. The van der Waals surface area contributed by atoms with E-state index in [-0.39, 0.29) is 24.7 Å². The molecular weight excluding hydrogens is 708 g/mol. The van der Waals surface area contributed by atoms with E-state index in [0.717, 1.165) is 77.0 Å². The van der Waals surface area contributed by atoms with E-state index in [1.165, 1.54) is 0 Å². The molecule has 3 aliphatic heterocycles. The van der Waals surface area contributed by atoms with E-state index in [1.807, 2.05) is 50.7 Å². The number of carbonyl (C=O) groups is 1. The van der Waals surface area contributed by atoms with Crippen molar-refractivity contribution >= 4 is 56.3 Å². The summed E-state index contributed by atoms with van der Waals surface area (Å²) >= 11 is 7.23. The van der Waals surface area contributed by atoms with Crippen LogP contribution < -0.4 is 9.64 Å². The Bertz CT molecular complexity index is 2250. The lowest BCUT2D eigenvalue weighted by Gasteiger charge is -2.41. The molecule has 1 amide bonds. The number of rotatable bonds is 7. The molecule has 284 valence electrons. The highest BCUT2D eigenvalue weighted by Gasteiger charge is 2.36. The highest BCUT2D eigenvalue weighted by atomic mass is 35.5. The van der Waals surface area contributed by atoms with E-state index in [1.54, 1.807) is 11.2 Å². The molecule has 1 unspecified atom stereocenters. The van der Waals surface area contributed by atoms with Crippen molar-refractivity contribution in [1.29, 1.82) is 5.26 Å². The Kier molecular flexibility index (Phi) is 9.79. The summed E-state index contributed by atoms with van der Waals surface area (Å²) in [6.07, 6.45) is 8.31. The van der Waals surface area contributed by atoms with Gasteiger partial charge in [0, 0.05) is 48.6 Å². The number of aryl methyl sites for hydroxylation is 1. The maximum absolute atomic E-state index is 13.3. The first-order valence-electron chi connectivity index (χ1n) is 19.0. The van der Waals surface area contributed by atoms with Gasteiger partial charge in [0.2, 0.25) is 0 Å². The van der Waals surface area contributed by atoms with Crippen LogP contribution >= 0.6 is 11.6 Å². The molecule has 0 aliphatic carbocycles. The third kappa shape index (κ3) is 6.80. The quantitative estimate of drug-likeness (QED) is 0.161. The van der Waals surface area contributed by atoms with Gasteiger partial charge >= 0.3 is 12.1 Å². The van der Waals surface area contributed by atoms with E-state index < -0.39 is 17.7 Å². The second-order valence-electron chi connectivity index (χ2n) is 15.8. The van der Waals surface area contributed by atoms with Crippen LogP contribution in [0.25, 0.3) is 43.9 Å². The third-order valence-electron chi connectivity index (χ3n) is 10.9. The number of fused-ring (bicyclic) bond motifs is 4. The van der Waals surface area contributed by atoms with Gasteiger partial charge in [-0.25, -0.2) is 9.48 Å². The number of aromatic nitrogens is 4. The first kappa shape index (κ1) is 36.3. The van der Waals surface area contributed by atoms with Gasteiger partial charge in [-0.2, -0.15) is 20.3 Å². The van der Waals surface area contributed by atoms with Crippen LogP contribution in [-0.2, 0) is 9.47 Å². The Morgan fingerprint density at radius 1 is 1.09 bits per heavy atom. The molecule has 3 fully saturated rings. The van der Waals surface area contributed by atoms with Gasteiger partial charge in [0.15, 0.2) is 6.23 Å². The molecular formula is C40H47ClN8O5. The van der Waals surface area contributed by atoms with Crippen LogP contribution in [0, 0.1) is 18.3 Å². The minimum Gasteiger partial charge on any atom is -0.463 e. The molecule has 14 heteroatoms. The van der Waals surface area contributed by atoms with Crippen LogP contribution in [0.15, 0.2) is 35.1 Å². The van der Waals surface area contributed by atoms with Crippen molar-refractivity contribution in [1.82, 2.24) is 29.5 Å². The number of amides is 1. The number of likely N-dealkylation sites (N-methyl/N-ethyl adjacent to an activating group) is 1. The molecule has 0 saturated carbocycles. The lowest BCUT2D eigenvalue weighted by Crippen LogP contribution is -2.56. The Morgan fingerprint density at radius 3 is 2.69 bits per heavy atom. The molecule has 0 radical (unpaired) electrons. The standard InChI is InChI=1S/C40H47ClN8O5/c1-24-19-31-29(21-43-49(31)32-10-6-7-17-51-32)33(35(24)41)28-20-30-34(36-27(28)12-18-52-36)37(45-38(44-30)53-23-26-9-8-14-46(26)5)47-15-16-48(25(22-47)11-13-42)39(50)54-40(2,3)4/h12,18-21,25-26,32H,6-11,14-17,22-23H2,1-5H3/t25-,26-,32?/m0/s1. The smallest absolute Gasteiger partial charge is 0.410 e. The minimum absolute atomic E-state index is 0.134. The van der Waals surface area contributed by atoms with E-state index in [4.69, 9.17) is 45.3 Å². The summed E-state index contributed by atoms with van der Waals surface area (Å²) in [4.78, 5) is 29.4. The molecule has 8 rings (SSSR count). The SMILES string of the molecule is Cc1cc2c(cnn2C2CCCCO2)c(-c2cc3nc(OC[C@@H]4CCCN4C)nc(N4CCN(C(=O)OC(C)(C)C)[C@@H](CC#N)C4)c3c3occc23)c1Cl. The number of nitrogens with zero attached hydrogens (tertiary/aromatic N) is 8. The minimum atomic E-state index is -0.662. The zero-order valence-electron chi connectivity index (χ0n) is 31.6. The van der Waals surface area contributed by atoms with Crippen molar-refractivity contribution in [3.8, 4) is 23.2 Å². The molecule has 5 aromatic rings. The van der Waals surface area contributed by atoms with Crippen molar-refractivity contribution in [2.75, 3.05) is 51.3 Å². The molecule has 0 spiro atoms. The van der Waals surface area contributed by atoms with Crippen LogP contribution in [0.3, 0.4) is 0 Å². The molecule has 3 aromatic heterocycles. The fourth-order valence-electron chi connectivity index (χ4n) is 8.15. The van der Waals surface area contributed by atoms with E-state index >= 15 is 0 Å². The first-order valence-corrected chi connectivity index (χ1v) is 19.3. The number of hydrogen-bond donors (Lipinski definition) is 0. The van der Waals surface area contributed by atoms with Crippen LogP contribution in [0.1, 0.15) is 71.1 Å². The number of furan rings is 1. The van der Waals surface area contributed by atoms with Crippen molar-refractivity contribution in [3.05, 3.63) is 41.2 Å². The molecule has 3 aliphatic rings. The Balaban J connectivity index is 1.26. The Labute approximate surface area is 319 Å². The highest BCUT2D eigenvalue weighted by molar-refractivity contribution is 6.36. The summed E-state index contributed by atoms with van der Waals surface area (Å²) < 4.78 is 26.6. The molecule has 54 heavy (non-hydrogen) atoms. The van der Waals surface area contributed by atoms with Gasteiger partial charge in [0.05, 0.1) is 52.4 Å². The first-order chi connectivity index (χ1) is 26.0. The van der Waals surface area contributed by atoms with Crippen LogP contribution in [-0.4, -0.2) is 99.8 Å². The zero-order chi connectivity index (χ0) is 37.7. The lowest BCUT2D eigenvalue weighted by molar-refractivity contribution is -0.0366. The second kappa shape index (κ2) is 14.5. The third-order valence-corrected chi connectivity index (χ3v) is 11.4. The van der Waals surface area contributed by atoms with Gasteiger partial charge < -0.3 is 33.3 Å². The maximum Gasteiger partial charge on any atom is 0.410 e. The summed E-state index contributed by atoms with van der Waals surface area (Å²) in [6, 6.07) is 8.45. The Hall–Kier alpha value is -4.64. The summed E-state index contributed by atoms with van der Waals surface area (Å²) in [5.74, 6) is 0.621. The van der Waals surface area contributed by atoms with Gasteiger partial charge in [0.1, 0.15) is 23.6 Å².